The van der Waals surface area contributed by atoms with Crippen LogP contribution >= 0.6 is 11.3 Å². The van der Waals surface area contributed by atoms with Gasteiger partial charge in [-0.3, -0.25) is 9.78 Å². The molecule has 0 radical (unpaired) electrons. The minimum atomic E-state index is -0.0959. The fraction of sp³-hybridized carbons (Fsp3) is 0.438. The van der Waals surface area contributed by atoms with Crippen LogP contribution in [0.25, 0.3) is 0 Å². The van der Waals surface area contributed by atoms with Crippen LogP contribution < -0.4 is 5.32 Å². The van der Waals surface area contributed by atoms with Gasteiger partial charge in [0.25, 0.3) is 5.91 Å². The Hall–Kier alpha value is -1.75. The van der Waals surface area contributed by atoms with Gasteiger partial charge in [0.1, 0.15) is 4.88 Å². The Kier molecular flexibility index (Phi) is 4.42. The van der Waals surface area contributed by atoms with Crippen LogP contribution in [0.1, 0.15) is 53.6 Å². The highest BCUT2D eigenvalue weighted by atomic mass is 32.1. The van der Waals surface area contributed by atoms with E-state index in [0.717, 1.165) is 28.4 Å². The van der Waals surface area contributed by atoms with Gasteiger partial charge in [0.05, 0.1) is 10.7 Å². The maximum absolute atomic E-state index is 12.5. The van der Waals surface area contributed by atoms with Crippen molar-refractivity contribution in [3.05, 3.63) is 39.6 Å². The summed E-state index contributed by atoms with van der Waals surface area (Å²) in [6.07, 6.45) is 4.31. The molecule has 0 aromatic carbocycles. The van der Waals surface area contributed by atoms with Crippen molar-refractivity contribution in [3.63, 3.8) is 0 Å². The zero-order valence-electron chi connectivity index (χ0n) is 13.2. The van der Waals surface area contributed by atoms with E-state index in [9.17, 15) is 4.79 Å². The molecule has 4 nitrogen and oxygen atoms in total. The number of aryl methyl sites for hydroxylation is 2. The lowest BCUT2D eigenvalue weighted by Gasteiger charge is -2.13. The predicted molar refractivity (Wildman–Crippen MR) is 87.1 cm³/mol. The molecule has 112 valence electrons. The van der Waals surface area contributed by atoms with Gasteiger partial charge in [0.2, 0.25) is 0 Å². The second-order valence-electron chi connectivity index (χ2n) is 6.02. The van der Waals surface area contributed by atoms with Gasteiger partial charge in [-0.15, -0.1) is 11.3 Å². The lowest BCUT2D eigenvalue weighted by atomic mass is 9.98. The topological polar surface area (TPSA) is 54.9 Å². The molecular formula is C16H21N3OS. The number of hydrogen-bond acceptors (Lipinski definition) is 4. The molecule has 0 spiro atoms. The molecule has 21 heavy (non-hydrogen) atoms. The molecule has 0 fully saturated rings. The molecule has 0 saturated carbocycles. The third-order valence-corrected chi connectivity index (χ3v) is 4.76. The smallest absolute Gasteiger partial charge is 0.267 e. The normalized spacial score (nSPS) is 11.5. The molecule has 1 N–H and O–H groups in total. The van der Waals surface area contributed by atoms with Crippen molar-refractivity contribution < 1.29 is 4.79 Å². The van der Waals surface area contributed by atoms with E-state index in [-0.39, 0.29) is 11.3 Å². The number of carbonyl (C=O) groups excluding carboxylic acids is 1. The van der Waals surface area contributed by atoms with Gasteiger partial charge < -0.3 is 5.32 Å². The summed E-state index contributed by atoms with van der Waals surface area (Å²) in [6.45, 7) is 10.2. The molecule has 0 aliphatic rings. The number of nitrogens with one attached hydrogen (secondary N) is 1. The lowest BCUT2D eigenvalue weighted by Crippen LogP contribution is -2.13. The molecule has 0 bridgehead atoms. The molecule has 0 saturated heterocycles. The maximum atomic E-state index is 12.5. The Bertz CT molecular complexity index is 656. The van der Waals surface area contributed by atoms with Crippen LogP contribution in [0.3, 0.4) is 0 Å². The summed E-state index contributed by atoms with van der Waals surface area (Å²) >= 11 is 1.47. The molecule has 1 amide bonds. The summed E-state index contributed by atoms with van der Waals surface area (Å²) in [5.74, 6) is -0.0959. The Balaban J connectivity index is 2.27. The van der Waals surface area contributed by atoms with E-state index in [4.69, 9.17) is 0 Å². The largest absolute Gasteiger partial charge is 0.321 e. The summed E-state index contributed by atoms with van der Waals surface area (Å²) in [4.78, 5) is 21.8. The number of pyridine rings is 1. The van der Waals surface area contributed by atoms with E-state index in [2.05, 4.69) is 36.1 Å². The molecule has 0 atom stereocenters. The van der Waals surface area contributed by atoms with Gasteiger partial charge in [-0.2, -0.15) is 0 Å². The van der Waals surface area contributed by atoms with Crippen LogP contribution in [0.4, 0.5) is 5.69 Å². The molecule has 0 aliphatic heterocycles. The van der Waals surface area contributed by atoms with Gasteiger partial charge >= 0.3 is 0 Å². The third-order valence-electron chi connectivity index (χ3n) is 3.18. The quantitative estimate of drug-likeness (QED) is 0.933. The van der Waals surface area contributed by atoms with Crippen molar-refractivity contribution in [3.8, 4) is 0 Å². The van der Waals surface area contributed by atoms with Crippen LogP contribution in [0.2, 0.25) is 0 Å². The molecule has 0 aliphatic carbocycles. The zero-order valence-corrected chi connectivity index (χ0v) is 14.0. The standard InChI is InChI=1S/C16H21N3OS/c1-6-11-9-17-8-7-12(11)19-14(20)13-10(2)18-15(21-13)16(3,4)5/h7-9H,6H2,1-5H3,(H,17,19,20). The third kappa shape index (κ3) is 3.47. The SMILES string of the molecule is CCc1cnccc1NC(=O)c1sc(C(C)(C)C)nc1C. The number of amides is 1. The highest BCUT2D eigenvalue weighted by Gasteiger charge is 2.23. The Morgan fingerprint density at radius 3 is 2.67 bits per heavy atom. The first-order valence-corrected chi connectivity index (χ1v) is 7.86. The fourth-order valence-electron chi connectivity index (χ4n) is 1.94. The number of carbonyl (C=O) groups is 1. The van der Waals surface area contributed by atoms with Crippen LogP contribution in [0.5, 0.6) is 0 Å². The molecule has 2 heterocycles. The first-order chi connectivity index (χ1) is 9.82. The summed E-state index contributed by atoms with van der Waals surface area (Å²) in [5.41, 5.74) is 2.60. The highest BCUT2D eigenvalue weighted by molar-refractivity contribution is 7.14. The van der Waals surface area contributed by atoms with Crippen molar-refractivity contribution in [2.24, 2.45) is 0 Å². The first kappa shape index (κ1) is 15.6. The van der Waals surface area contributed by atoms with Gasteiger partial charge in [0.15, 0.2) is 0 Å². The summed E-state index contributed by atoms with van der Waals surface area (Å²) in [7, 11) is 0. The summed E-state index contributed by atoms with van der Waals surface area (Å²) in [5, 5.41) is 3.96. The molecule has 0 unspecified atom stereocenters. The van der Waals surface area contributed by atoms with Crippen LogP contribution in [0, 0.1) is 6.92 Å². The van der Waals surface area contributed by atoms with Gasteiger partial charge in [-0.05, 0) is 25.0 Å². The summed E-state index contributed by atoms with van der Waals surface area (Å²) < 4.78 is 0. The molecular weight excluding hydrogens is 282 g/mol. The number of hydrogen-bond donors (Lipinski definition) is 1. The van der Waals surface area contributed by atoms with E-state index in [1.165, 1.54) is 11.3 Å². The molecule has 2 aromatic rings. The van der Waals surface area contributed by atoms with Gasteiger partial charge in [0, 0.05) is 23.5 Å². The predicted octanol–water partition coefficient (Wildman–Crippen LogP) is 3.96. The Morgan fingerprint density at radius 1 is 1.38 bits per heavy atom. The van der Waals surface area contributed by atoms with Crippen LogP contribution in [-0.4, -0.2) is 15.9 Å². The van der Waals surface area contributed by atoms with Crippen LogP contribution in [0.15, 0.2) is 18.5 Å². The average molecular weight is 303 g/mol. The zero-order chi connectivity index (χ0) is 15.6. The monoisotopic (exact) mass is 303 g/mol. The van der Waals surface area contributed by atoms with Crippen molar-refractivity contribution >= 4 is 22.9 Å². The molecule has 2 rings (SSSR count). The average Bonchev–Trinajstić information content (AvgIpc) is 2.81. The van der Waals surface area contributed by atoms with E-state index in [1.807, 2.05) is 19.9 Å². The molecule has 2 aromatic heterocycles. The minimum absolute atomic E-state index is 0.0425. The van der Waals surface area contributed by atoms with Crippen molar-refractivity contribution in [2.45, 2.75) is 46.5 Å². The van der Waals surface area contributed by atoms with Gasteiger partial charge in [-0.25, -0.2) is 4.98 Å². The number of thiazole rings is 1. The van der Waals surface area contributed by atoms with Crippen molar-refractivity contribution in [1.82, 2.24) is 9.97 Å². The highest BCUT2D eigenvalue weighted by Crippen LogP contribution is 2.29. The van der Waals surface area contributed by atoms with E-state index >= 15 is 0 Å². The second-order valence-corrected chi connectivity index (χ2v) is 7.02. The maximum Gasteiger partial charge on any atom is 0.267 e. The van der Waals surface area contributed by atoms with Crippen molar-refractivity contribution in [1.29, 1.82) is 0 Å². The summed E-state index contributed by atoms with van der Waals surface area (Å²) in [6, 6.07) is 1.83. The molecule has 5 heteroatoms. The van der Waals surface area contributed by atoms with Crippen molar-refractivity contribution in [2.75, 3.05) is 5.32 Å². The number of anilines is 1. The Morgan fingerprint density at radius 2 is 2.10 bits per heavy atom. The fourth-order valence-corrected chi connectivity index (χ4v) is 2.96. The van der Waals surface area contributed by atoms with E-state index in [0.29, 0.717) is 4.88 Å². The minimum Gasteiger partial charge on any atom is -0.321 e. The number of aromatic nitrogens is 2. The van der Waals surface area contributed by atoms with Crippen LogP contribution in [-0.2, 0) is 11.8 Å². The lowest BCUT2D eigenvalue weighted by molar-refractivity contribution is 0.102. The van der Waals surface area contributed by atoms with Gasteiger partial charge in [-0.1, -0.05) is 27.7 Å². The number of nitrogens with zero attached hydrogens (tertiary/aromatic N) is 2. The second kappa shape index (κ2) is 5.93. The first-order valence-electron chi connectivity index (χ1n) is 7.05. The number of rotatable bonds is 3. The van der Waals surface area contributed by atoms with E-state index in [1.54, 1.807) is 12.4 Å². The van der Waals surface area contributed by atoms with E-state index < -0.39 is 0 Å². The Labute approximate surface area is 129 Å².